The van der Waals surface area contributed by atoms with Crippen molar-refractivity contribution in [3.05, 3.63) is 35.2 Å². The maximum Gasteiger partial charge on any atom is 0.433 e. The number of halogens is 3. The molecule has 0 atom stereocenters. The monoisotopic (exact) mass is 245 g/mol. The van der Waals surface area contributed by atoms with E-state index in [2.05, 4.69) is 4.98 Å². The van der Waals surface area contributed by atoms with E-state index in [-0.39, 0.29) is 12.0 Å². The van der Waals surface area contributed by atoms with Crippen LogP contribution in [0.3, 0.4) is 0 Å². The molecule has 1 rings (SSSR count). The third kappa shape index (κ3) is 3.58. The molecule has 0 spiro atoms. The van der Waals surface area contributed by atoms with Crippen LogP contribution < -0.4 is 0 Å². The van der Waals surface area contributed by atoms with Crippen molar-refractivity contribution in [1.82, 2.24) is 4.98 Å². The van der Waals surface area contributed by atoms with Crippen molar-refractivity contribution in [3.8, 4) is 0 Å². The Morgan fingerprint density at radius 3 is 2.47 bits per heavy atom. The highest BCUT2D eigenvalue weighted by Crippen LogP contribution is 2.27. The lowest BCUT2D eigenvalue weighted by Crippen LogP contribution is -2.07. The Kier molecular flexibility index (Phi) is 3.88. The lowest BCUT2D eigenvalue weighted by molar-refractivity contribution is -0.141. The van der Waals surface area contributed by atoms with Crippen LogP contribution in [0.15, 0.2) is 23.9 Å². The van der Waals surface area contributed by atoms with Crippen molar-refractivity contribution < 1.29 is 23.1 Å². The number of pyridine rings is 1. The fourth-order valence-corrected chi connectivity index (χ4v) is 1.17. The predicted molar refractivity (Wildman–Crippen MR) is 55.1 cm³/mol. The highest BCUT2D eigenvalue weighted by Gasteiger charge is 2.31. The molecular weight excluding hydrogens is 235 g/mol. The second kappa shape index (κ2) is 4.99. The van der Waals surface area contributed by atoms with Gasteiger partial charge < -0.3 is 5.11 Å². The van der Waals surface area contributed by atoms with E-state index in [1.807, 2.05) is 0 Å². The van der Waals surface area contributed by atoms with Gasteiger partial charge >= 0.3 is 12.1 Å². The maximum atomic E-state index is 12.2. The van der Waals surface area contributed by atoms with Gasteiger partial charge in [0.05, 0.1) is 0 Å². The Bertz CT molecular complexity index is 435. The quantitative estimate of drug-likeness (QED) is 0.833. The lowest BCUT2D eigenvalue weighted by atomic mass is 10.1. The number of aliphatic carboxylic acids is 1. The molecule has 3 nitrogen and oxygen atoms in total. The van der Waals surface area contributed by atoms with Crippen molar-refractivity contribution in [1.29, 1.82) is 0 Å². The second-order valence-electron chi connectivity index (χ2n) is 3.30. The van der Waals surface area contributed by atoms with Gasteiger partial charge in [-0.15, -0.1) is 0 Å². The summed E-state index contributed by atoms with van der Waals surface area (Å²) in [6.07, 6.45) is -1.89. The molecule has 0 saturated carbocycles. The SMILES string of the molecule is CC/C(=C\c1ccc(C(F)(F)F)nc1)C(=O)O. The van der Waals surface area contributed by atoms with E-state index in [9.17, 15) is 18.0 Å². The molecule has 92 valence electrons. The van der Waals surface area contributed by atoms with Crippen LogP contribution in [0, 0.1) is 0 Å². The van der Waals surface area contributed by atoms with Gasteiger partial charge in [-0.2, -0.15) is 13.2 Å². The van der Waals surface area contributed by atoms with Crippen LogP contribution in [0.4, 0.5) is 13.2 Å². The number of rotatable bonds is 3. The summed E-state index contributed by atoms with van der Waals surface area (Å²) < 4.78 is 36.6. The van der Waals surface area contributed by atoms with Crippen molar-refractivity contribution in [3.63, 3.8) is 0 Å². The zero-order valence-electron chi connectivity index (χ0n) is 8.95. The summed E-state index contributed by atoms with van der Waals surface area (Å²) >= 11 is 0. The number of hydrogen-bond acceptors (Lipinski definition) is 2. The smallest absolute Gasteiger partial charge is 0.433 e. The first-order valence-corrected chi connectivity index (χ1v) is 4.81. The summed E-state index contributed by atoms with van der Waals surface area (Å²) in [4.78, 5) is 13.9. The van der Waals surface area contributed by atoms with Gasteiger partial charge in [-0.25, -0.2) is 4.79 Å². The van der Waals surface area contributed by atoms with Gasteiger partial charge in [-0.1, -0.05) is 13.0 Å². The average molecular weight is 245 g/mol. The predicted octanol–water partition coefficient (Wildman–Crippen LogP) is 2.98. The summed E-state index contributed by atoms with van der Waals surface area (Å²) in [5, 5.41) is 8.75. The van der Waals surface area contributed by atoms with E-state index in [4.69, 9.17) is 5.11 Å². The zero-order chi connectivity index (χ0) is 13.1. The molecule has 0 aliphatic rings. The minimum atomic E-state index is -4.48. The Morgan fingerprint density at radius 2 is 2.12 bits per heavy atom. The Hall–Kier alpha value is -1.85. The molecule has 0 unspecified atom stereocenters. The van der Waals surface area contributed by atoms with Crippen molar-refractivity contribution in [2.45, 2.75) is 19.5 Å². The number of carboxylic acid groups (broad SMARTS) is 1. The van der Waals surface area contributed by atoms with Crippen LogP contribution in [0.2, 0.25) is 0 Å². The molecule has 0 aliphatic carbocycles. The van der Waals surface area contributed by atoms with Crippen molar-refractivity contribution >= 4 is 12.0 Å². The van der Waals surface area contributed by atoms with Crippen LogP contribution in [0.1, 0.15) is 24.6 Å². The van der Waals surface area contributed by atoms with E-state index in [0.717, 1.165) is 12.3 Å². The van der Waals surface area contributed by atoms with Crippen LogP contribution in [-0.4, -0.2) is 16.1 Å². The fourth-order valence-electron chi connectivity index (χ4n) is 1.17. The minimum Gasteiger partial charge on any atom is -0.478 e. The normalized spacial score (nSPS) is 12.6. The van der Waals surface area contributed by atoms with Gasteiger partial charge in [0.2, 0.25) is 0 Å². The number of nitrogens with zero attached hydrogens (tertiary/aromatic N) is 1. The van der Waals surface area contributed by atoms with Gasteiger partial charge in [-0.05, 0) is 24.1 Å². The Balaban J connectivity index is 3.00. The first kappa shape index (κ1) is 13.2. The molecule has 0 amide bonds. The van der Waals surface area contributed by atoms with E-state index < -0.39 is 17.8 Å². The van der Waals surface area contributed by atoms with Gasteiger partial charge in [0, 0.05) is 11.8 Å². The standard InChI is InChI=1S/C11H10F3NO2/c1-2-8(10(16)17)5-7-3-4-9(15-6-7)11(12,13)14/h3-6H,2H2,1H3,(H,16,17)/b8-5+. The molecule has 0 bridgehead atoms. The third-order valence-corrected chi connectivity index (χ3v) is 2.07. The molecule has 0 aromatic carbocycles. The zero-order valence-corrected chi connectivity index (χ0v) is 8.95. The molecule has 1 N–H and O–H groups in total. The number of alkyl halides is 3. The largest absolute Gasteiger partial charge is 0.478 e. The first-order chi connectivity index (χ1) is 7.84. The Labute approximate surface area is 95.6 Å². The fraction of sp³-hybridized carbons (Fsp3) is 0.273. The van der Waals surface area contributed by atoms with E-state index in [1.54, 1.807) is 6.92 Å². The number of aromatic nitrogens is 1. The molecule has 0 saturated heterocycles. The van der Waals surface area contributed by atoms with E-state index in [1.165, 1.54) is 12.1 Å². The highest BCUT2D eigenvalue weighted by atomic mass is 19.4. The molecule has 0 radical (unpaired) electrons. The lowest BCUT2D eigenvalue weighted by Gasteiger charge is -2.05. The summed E-state index contributed by atoms with van der Waals surface area (Å²) in [5.41, 5.74) is -0.549. The van der Waals surface area contributed by atoms with Crippen molar-refractivity contribution in [2.75, 3.05) is 0 Å². The Morgan fingerprint density at radius 1 is 1.47 bits per heavy atom. The molecule has 6 heteroatoms. The molecule has 0 fully saturated rings. The minimum absolute atomic E-state index is 0.117. The first-order valence-electron chi connectivity index (χ1n) is 4.81. The third-order valence-electron chi connectivity index (χ3n) is 2.07. The highest BCUT2D eigenvalue weighted by molar-refractivity contribution is 5.91. The summed E-state index contributed by atoms with van der Waals surface area (Å²) in [5.74, 6) is -1.09. The van der Waals surface area contributed by atoms with Gasteiger partial charge in [0.25, 0.3) is 0 Å². The van der Waals surface area contributed by atoms with E-state index in [0.29, 0.717) is 5.56 Å². The van der Waals surface area contributed by atoms with Gasteiger partial charge in [-0.3, -0.25) is 4.98 Å². The number of hydrogen-bond donors (Lipinski definition) is 1. The summed E-state index contributed by atoms with van der Waals surface area (Å²) in [6, 6.07) is 2.01. The summed E-state index contributed by atoms with van der Waals surface area (Å²) in [7, 11) is 0. The maximum absolute atomic E-state index is 12.2. The molecule has 1 aromatic rings. The molecule has 1 heterocycles. The van der Waals surface area contributed by atoms with Gasteiger partial charge in [0.1, 0.15) is 5.69 Å². The van der Waals surface area contributed by atoms with Crippen LogP contribution in [0.25, 0.3) is 6.08 Å². The topological polar surface area (TPSA) is 50.2 Å². The second-order valence-corrected chi connectivity index (χ2v) is 3.30. The van der Waals surface area contributed by atoms with Crippen LogP contribution in [0.5, 0.6) is 0 Å². The molecule has 1 aromatic heterocycles. The van der Waals surface area contributed by atoms with E-state index >= 15 is 0 Å². The average Bonchev–Trinajstić information content (AvgIpc) is 2.25. The van der Waals surface area contributed by atoms with Crippen LogP contribution >= 0.6 is 0 Å². The van der Waals surface area contributed by atoms with Crippen molar-refractivity contribution in [2.24, 2.45) is 0 Å². The molecule has 17 heavy (non-hydrogen) atoms. The number of carboxylic acids is 1. The van der Waals surface area contributed by atoms with Crippen LogP contribution in [-0.2, 0) is 11.0 Å². The molecular formula is C11H10F3NO2. The summed E-state index contributed by atoms with van der Waals surface area (Å²) in [6.45, 7) is 1.65. The van der Waals surface area contributed by atoms with Gasteiger partial charge in [0.15, 0.2) is 0 Å². The molecule has 0 aliphatic heterocycles. The number of carbonyl (C=O) groups is 1.